The van der Waals surface area contributed by atoms with Crippen molar-refractivity contribution < 1.29 is 27.5 Å². The van der Waals surface area contributed by atoms with Crippen molar-refractivity contribution in [2.45, 2.75) is 110 Å². The molecule has 1 aromatic carbocycles. The van der Waals surface area contributed by atoms with Crippen LogP contribution in [0.5, 0.6) is 11.5 Å². The molecular formula is C30H46O6S. The molecule has 0 fully saturated rings. The normalized spacial score (nSPS) is 13.4. The Balaban J connectivity index is 1.67. The van der Waals surface area contributed by atoms with Crippen LogP contribution in [-0.2, 0) is 9.84 Å². The standard InChI is InChI=1S/C30H46O6S/c1-4-5-6-7-8-9-10-11-12-13-14-15-16-17-18-19-22-37(33,34)27-23-24(31)28-25(35-2)20-21-26(36-3)29(28)30(27)32/h20-21,23H,4-19,22H2,1-3H3. The van der Waals surface area contributed by atoms with E-state index < -0.39 is 26.3 Å². The number of allylic oxidation sites excluding steroid dienone is 2. The molecule has 0 spiro atoms. The minimum Gasteiger partial charge on any atom is -0.496 e. The topological polar surface area (TPSA) is 86.7 Å². The number of sulfone groups is 1. The average molecular weight is 535 g/mol. The lowest BCUT2D eigenvalue weighted by Gasteiger charge is -2.20. The molecule has 37 heavy (non-hydrogen) atoms. The van der Waals surface area contributed by atoms with E-state index >= 15 is 0 Å². The van der Waals surface area contributed by atoms with E-state index in [0.29, 0.717) is 6.42 Å². The number of hydrogen-bond acceptors (Lipinski definition) is 6. The zero-order chi connectivity index (χ0) is 27.1. The molecule has 0 atom stereocenters. The number of ether oxygens (including phenoxy) is 2. The van der Waals surface area contributed by atoms with Gasteiger partial charge in [-0.15, -0.1) is 0 Å². The highest BCUT2D eigenvalue weighted by Crippen LogP contribution is 2.37. The zero-order valence-corrected chi connectivity index (χ0v) is 23.9. The van der Waals surface area contributed by atoms with Crippen molar-refractivity contribution in [3.63, 3.8) is 0 Å². The van der Waals surface area contributed by atoms with Gasteiger partial charge in [0.15, 0.2) is 15.6 Å². The summed E-state index contributed by atoms with van der Waals surface area (Å²) in [6.07, 6.45) is 20.2. The Labute approximate surface area is 224 Å². The van der Waals surface area contributed by atoms with E-state index in [9.17, 15) is 18.0 Å². The summed E-state index contributed by atoms with van der Waals surface area (Å²) >= 11 is 0. The van der Waals surface area contributed by atoms with Gasteiger partial charge in [0.2, 0.25) is 5.78 Å². The molecule has 0 saturated heterocycles. The number of unbranched alkanes of at least 4 members (excludes halogenated alkanes) is 15. The van der Waals surface area contributed by atoms with Gasteiger partial charge < -0.3 is 9.47 Å². The van der Waals surface area contributed by atoms with Crippen LogP contribution in [0.2, 0.25) is 0 Å². The molecule has 0 aromatic heterocycles. The van der Waals surface area contributed by atoms with Gasteiger partial charge in [0.1, 0.15) is 16.4 Å². The van der Waals surface area contributed by atoms with Gasteiger partial charge in [0.05, 0.1) is 31.1 Å². The number of carbonyl (C=O) groups is 2. The number of fused-ring (bicyclic) bond motifs is 1. The zero-order valence-electron chi connectivity index (χ0n) is 23.1. The van der Waals surface area contributed by atoms with E-state index in [1.54, 1.807) is 0 Å². The van der Waals surface area contributed by atoms with Crippen LogP contribution in [0, 0.1) is 0 Å². The van der Waals surface area contributed by atoms with Crippen molar-refractivity contribution in [1.82, 2.24) is 0 Å². The van der Waals surface area contributed by atoms with E-state index in [1.165, 1.54) is 103 Å². The van der Waals surface area contributed by atoms with E-state index in [-0.39, 0.29) is 28.4 Å². The Kier molecular flexibility index (Phi) is 14.0. The van der Waals surface area contributed by atoms with Crippen molar-refractivity contribution in [2.24, 2.45) is 0 Å². The third-order valence-electron chi connectivity index (χ3n) is 7.13. The number of ketones is 2. The van der Waals surface area contributed by atoms with E-state index in [2.05, 4.69) is 6.92 Å². The van der Waals surface area contributed by atoms with Gasteiger partial charge in [-0.25, -0.2) is 8.42 Å². The number of rotatable bonds is 20. The molecule has 0 amide bonds. The van der Waals surface area contributed by atoms with Crippen molar-refractivity contribution in [3.05, 3.63) is 34.2 Å². The Morgan fingerprint density at radius 3 is 1.46 bits per heavy atom. The highest BCUT2D eigenvalue weighted by Gasteiger charge is 2.37. The fourth-order valence-corrected chi connectivity index (χ4v) is 6.41. The van der Waals surface area contributed by atoms with Gasteiger partial charge in [-0.1, -0.05) is 103 Å². The fourth-order valence-electron chi connectivity index (χ4n) is 4.94. The van der Waals surface area contributed by atoms with Gasteiger partial charge in [0, 0.05) is 6.08 Å². The molecular weight excluding hydrogens is 488 g/mol. The third-order valence-corrected chi connectivity index (χ3v) is 8.93. The second-order valence-electron chi connectivity index (χ2n) is 10.0. The summed E-state index contributed by atoms with van der Waals surface area (Å²) in [7, 11) is -1.10. The summed E-state index contributed by atoms with van der Waals surface area (Å²) in [5.41, 5.74) is 0.00751. The van der Waals surface area contributed by atoms with E-state index in [4.69, 9.17) is 9.47 Å². The van der Waals surface area contributed by atoms with Gasteiger partial charge >= 0.3 is 0 Å². The molecule has 0 unspecified atom stereocenters. The Hall–Kier alpha value is -2.15. The lowest BCUT2D eigenvalue weighted by Crippen LogP contribution is -2.25. The van der Waals surface area contributed by atoms with Gasteiger partial charge in [-0.05, 0) is 18.6 Å². The molecule has 1 aromatic rings. The van der Waals surface area contributed by atoms with Crippen molar-refractivity contribution >= 4 is 21.4 Å². The first-order chi connectivity index (χ1) is 17.9. The number of hydrogen-bond donors (Lipinski definition) is 0. The molecule has 0 bridgehead atoms. The lowest BCUT2D eigenvalue weighted by atomic mass is 9.93. The van der Waals surface area contributed by atoms with Crippen LogP contribution in [0.3, 0.4) is 0 Å². The Morgan fingerprint density at radius 2 is 1.03 bits per heavy atom. The maximum atomic E-state index is 13.1. The molecule has 1 aliphatic carbocycles. The van der Waals surface area contributed by atoms with Crippen LogP contribution >= 0.6 is 0 Å². The predicted molar refractivity (Wildman–Crippen MR) is 150 cm³/mol. The molecule has 0 saturated carbocycles. The number of methoxy groups -OCH3 is 2. The largest absolute Gasteiger partial charge is 0.496 e. The number of carbonyl (C=O) groups excluding carboxylic acids is 2. The summed E-state index contributed by atoms with van der Waals surface area (Å²) in [5.74, 6) is -1.02. The molecule has 0 radical (unpaired) electrons. The van der Waals surface area contributed by atoms with Crippen LogP contribution in [-0.4, -0.2) is 40.0 Å². The SMILES string of the molecule is CCCCCCCCCCCCCCCCCCS(=O)(=O)C1=CC(=O)c2c(OC)ccc(OC)c2C1=O. The van der Waals surface area contributed by atoms with Crippen LogP contribution in [0.15, 0.2) is 23.1 Å². The first-order valence-corrected chi connectivity index (χ1v) is 15.8. The summed E-state index contributed by atoms with van der Waals surface area (Å²) in [6, 6.07) is 3.04. The summed E-state index contributed by atoms with van der Waals surface area (Å²) in [6.45, 7) is 2.25. The van der Waals surface area contributed by atoms with Crippen molar-refractivity contribution in [3.8, 4) is 11.5 Å². The summed E-state index contributed by atoms with van der Waals surface area (Å²) in [4.78, 5) is 25.4. The van der Waals surface area contributed by atoms with Crippen LogP contribution < -0.4 is 9.47 Å². The van der Waals surface area contributed by atoms with E-state index in [0.717, 1.165) is 25.3 Å². The predicted octanol–water partition coefficient (Wildman–Crippen LogP) is 7.64. The summed E-state index contributed by atoms with van der Waals surface area (Å²) < 4.78 is 36.3. The Bertz CT molecular complexity index is 1010. The highest BCUT2D eigenvalue weighted by molar-refractivity contribution is 7.96. The summed E-state index contributed by atoms with van der Waals surface area (Å²) in [5, 5.41) is 0. The van der Waals surface area contributed by atoms with Gasteiger partial charge in [0.25, 0.3) is 0 Å². The highest BCUT2D eigenvalue weighted by atomic mass is 32.2. The fraction of sp³-hybridized carbons (Fsp3) is 0.667. The monoisotopic (exact) mass is 534 g/mol. The van der Waals surface area contributed by atoms with Crippen molar-refractivity contribution in [1.29, 1.82) is 0 Å². The number of Topliss-reactive ketones (excluding diaryl/α,β-unsaturated/α-hetero) is 1. The smallest absolute Gasteiger partial charge is 0.209 e. The number of benzene rings is 1. The van der Waals surface area contributed by atoms with Crippen LogP contribution in [0.25, 0.3) is 0 Å². The minimum absolute atomic E-state index is 0.0418. The molecule has 0 heterocycles. The first kappa shape index (κ1) is 31.1. The first-order valence-electron chi connectivity index (χ1n) is 14.2. The Morgan fingerprint density at radius 1 is 0.622 bits per heavy atom. The average Bonchev–Trinajstić information content (AvgIpc) is 2.89. The second kappa shape index (κ2) is 16.6. The molecule has 0 aliphatic heterocycles. The second-order valence-corrected chi connectivity index (χ2v) is 12.1. The van der Waals surface area contributed by atoms with Crippen molar-refractivity contribution in [2.75, 3.05) is 20.0 Å². The molecule has 1 aliphatic rings. The maximum absolute atomic E-state index is 13.1. The molecule has 2 rings (SSSR count). The van der Waals surface area contributed by atoms with E-state index in [1.807, 2.05) is 0 Å². The minimum atomic E-state index is -3.88. The third kappa shape index (κ3) is 9.59. The maximum Gasteiger partial charge on any atom is 0.209 e. The van der Waals surface area contributed by atoms with Gasteiger partial charge in [-0.2, -0.15) is 0 Å². The van der Waals surface area contributed by atoms with Crippen LogP contribution in [0.1, 0.15) is 130 Å². The molecule has 208 valence electrons. The van der Waals surface area contributed by atoms with Crippen LogP contribution in [0.4, 0.5) is 0 Å². The molecule has 7 heteroatoms. The quantitative estimate of drug-likeness (QED) is 0.160. The molecule has 0 N–H and O–H groups in total. The lowest BCUT2D eigenvalue weighted by molar-refractivity contribution is 0.0985. The van der Waals surface area contributed by atoms with Gasteiger partial charge in [-0.3, -0.25) is 9.59 Å². The molecule has 6 nitrogen and oxygen atoms in total.